The van der Waals surface area contributed by atoms with E-state index in [0.29, 0.717) is 12.2 Å². The minimum absolute atomic E-state index is 0.316. The van der Waals surface area contributed by atoms with Crippen molar-refractivity contribution in [3.63, 3.8) is 0 Å². The number of methoxy groups -OCH3 is 1. The number of rotatable bonds is 7. The number of nitrogens with zero attached hydrogens (tertiary/aromatic N) is 1. The van der Waals surface area contributed by atoms with Crippen molar-refractivity contribution in [2.45, 2.75) is 32.3 Å². The maximum Gasteiger partial charge on any atom is 0.347 e. The van der Waals surface area contributed by atoms with Gasteiger partial charge in [0.05, 0.1) is 7.11 Å². The Balaban J connectivity index is 2.77. The van der Waals surface area contributed by atoms with Gasteiger partial charge in [-0.1, -0.05) is 19.4 Å². The van der Waals surface area contributed by atoms with Gasteiger partial charge >= 0.3 is 5.97 Å². The third-order valence-corrected chi connectivity index (χ3v) is 2.90. The van der Waals surface area contributed by atoms with Crippen molar-refractivity contribution in [1.29, 1.82) is 0 Å². The lowest BCUT2D eigenvalue weighted by atomic mass is 10.1. The molecule has 1 aromatic carbocycles. The van der Waals surface area contributed by atoms with Gasteiger partial charge in [0.1, 0.15) is 5.75 Å². The van der Waals surface area contributed by atoms with E-state index in [0.717, 1.165) is 18.5 Å². The van der Waals surface area contributed by atoms with E-state index in [1.165, 1.54) is 7.11 Å². The monoisotopic (exact) mass is 265 g/mol. The first-order chi connectivity index (χ1) is 9.08. The molecule has 19 heavy (non-hydrogen) atoms. The largest absolute Gasteiger partial charge is 0.479 e. The van der Waals surface area contributed by atoms with Crippen LogP contribution in [0, 0.1) is 0 Å². The highest BCUT2D eigenvalue weighted by atomic mass is 16.6. The number of esters is 1. The number of hydrogen-bond donors (Lipinski definition) is 0. The summed E-state index contributed by atoms with van der Waals surface area (Å²) in [7, 11) is 5.32. The summed E-state index contributed by atoms with van der Waals surface area (Å²) in [5.41, 5.74) is 1.04. The predicted octanol–water partition coefficient (Wildman–Crippen LogP) is 2.86. The molecule has 1 aromatic rings. The Kier molecular flexibility index (Phi) is 6.19. The molecule has 0 saturated heterocycles. The standard InChI is InChI=1S/C15H23NO3/c1-5-6-10-14(15(17)18-4)19-13-9-7-8-12(11-13)16(2)3/h7-9,11,14H,5-6,10H2,1-4H3. The maximum absolute atomic E-state index is 11.7. The lowest BCUT2D eigenvalue weighted by Crippen LogP contribution is -2.28. The zero-order valence-electron chi connectivity index (χ0n) is 12.2. The van der Waals surface area contributed by atoms with Crippen LogP contribution in [-0.4, -0.2) is 33.3 Å². The highest BCUT2D eigenvalue weighted by Gasteiger charge is 2.20. The number of unbranched alkanes of at least 4 members (excludes halogenated alkanes) is 1. The molecule has 0 heterocycles. The maximum atomic E-state index is 11.7. The fourth-order valence-corrected chi connectivity index (χ4v) is 1.75. The fourth-order valence-electron chi connectivity index (χ4n) is 1.75. The molecule has 0 aliphatic carbocycles. The van der Waals surface area contributed by atoms with Crippen molar-refractivity contribution >= 4 is 11.7 Å². The van der Waals surface area contributed by atoms with Crippen molar-refractivity contribution in [2.75, 3.05) is 26.1 Å². The molecule has 1 atom stereocenters. The van der Waals surface area contributed by atoms with Crippen LogP contribution in [0.25, 0.3) is 0 Å². The number of anilines is 1. The lowest BCUT2D eigenvalue weighted by molar-refractivity contribution is -0.149. The molecule has 0 radical (unpaired) electrons. The second-order valence-corrected chi connectivity index (χ2v) is 4.66. The summed E-state index contributed by atoms with van der Waals surface area (Å²) in [4.78, 5) is 13.7. The average Bonchev–Trinajstić information content (AvgIpc) is 2.42. The van der Waals surface area contributed by atoms with Crippen LogP contribution in [0.15, 0.2) is 24.3 Å². The van der Waals surface area contributed by atoms with E-state index in [2.05, 4.69) is 6.92 Å². The number of ether oxygens (including phenoxy) is 2. The van der Waals surface area contributed by atoms with Crippen LogP contribution in [-0.2, 0) is 9.53 Å². The summed E-state index contributed by atoms with van der Waals surface area (Å²) in [6.45, 7) is 2.08. The van der Waals surface area contributed by atoms with Crippen LogP contribution in [0.3, 0.4) is 0 Å². The number of benzene rings is 1. The first-order valence-electron chi connectivity index (χ1n) is 6.60. The molecule has 0 fully saturated rings. The summed E-state index contributed by atoms with van der Waals surface area (Å²) in [5.74, 6) is 0.376. The van der Waals surface area contributed by atoms with Gasteiger partial charge in [-0.25, -0.2) is 4.79 Å². The normalized spacial score (nSPS) is 11.8. The van der Waals surface area contributed by atoms with Crippen LogP contribution < -0.4 is 9.64 Å². The Bertz CT molecular complexity index is 404. The fraction of sp³-hybridized carbons (Fsp3) is 0.533. The first kappa shape index (κ1) is 15.3. The Morgan fingerprint density at radius 2 is 2.11 bits per heavy atom. The van der Waals surface area contributed by atoms with Crippen LogP contribution in [0.1, 0.15) is 26.2 Å². The van der Waals surface area contributed by atoms with E-state index in [9.17, 15) is 4.79 Å². The predicted molar refractivity (Wildman–Crippen MR) is 76.7 cm³/mol. The van der Waals surface area contributed by atoms with E-state index in [-0.39, 0.29) is 5.97 Å². The van der Waals surface area contributed by atoms with E-state index in [4.69, 9.17) is 9.47 Å². The van der Waals surface area contributed by atoms with Gasteiger partial charge in [-0.3, -0.25) is 0 Å². The van der Waals surface area contributed by atoms with Crippen LogP contribution in [0.2, 0.25) is 0 Å². The molecule has 0 aromatic heterocycles. The Hall–Kier alpha value is -1.71. The molecular formula is C15H23NO3. The minimum atomic E-state index is -0.526. The summed E-state index contributed by atoms with van der Waals surface area (Å²) in [6, 6.07) is 7.68. The van der Waals surface area contributed by atoms with Gasteiger partial charge in [-0.05, 0) is 25.0 Å². The Labute approximate surface area is 115 Å². The highest BCUT2D eigenvalue weighted by molar-refractivity contribution is 5.75. The highest BCUT2D eigenvalue weighted by Crippen LogP contribution is 2.21. The summed E-state index contributed by atoms with van der Waals surface area (Å²) in [5, 5.41) is 0. The average molecular weight is 265 g/mol. The van der Waals surface area contributed by atoms with Crippen molar-refractivity contribution in [2.24, 2.45) is 0 Å². The number of carbonyl (C=O) groups is 1. The molecule has 0 N–H and O–H groups in total. The number of hydrogen-bond acceptors (Lipinski definition) is 4. The Morgan fingerprint density at radius 1 is 1.37 bits per heavy atom. The van der Waals surface area contributed by atoms with E-state index in [1.807, 2.05) is 43.3 Å². The summed E-state index contributed by atoms with van der Waals surface area (Å²) >= 11 is 0. The minimum Gasteiger partial charge on any atom is -0.479 e. The topological polar surface area (TPSA) is 38.8 Å². The number of carbonyl (C=O) groups excluding carboxylic acids is 1. The summed E-state index contributed by atoms with van der Waals surface area (Å²) < 4.78 is 10.5. The zero-order chi connectivity index (χ0) is 14.3. The third kappa shape index (κ3) is 4.81. The van der Waals surface area contributed by atoms with Gasteiger partial charge < -0.3 is 14.4 Å². The molecular weight excluding hydrogens is 242 g/mol. The molecule has 1 rings (SSSR count). The lowest BCUT2D eigenvalue weighted by Gasteiger charge is -2.18. The van der Waals surface area contributed by atoms with Crippen molar-refractivity contribution < 1.29 is 14.3 Å². The SMILES string of the molecule is CCCCC(Oc1cccc(N(C)C)c1)C(=O)OC. The van der Waals surface area contributed by atoms with Crippen molar-refractivity contribution in [3.8, 4) is 5.75 Å². The summed E-state index contributed by atoms with van der Waals surface area (Å²) in [6.07, 6.45) is 2.11. The van der Waals surface area contributed by atoms with Gasteiger partial charge in [0, 0.05) is 25.8 Å². The molecule has 0 saturated carbocycles. The van der Waals surface area contributed by atoms with Crippen molar-refractivity contribution in [3.05, 3.63) is 24.3 Å². The molecule has 4 nitrogen and oxygen atoms in total. The van der Waals surface area contributed by atoms with Gasteiger partial charge in [0.2, 0.25) is 0 Å². The molecule has 0 spiro atoms. The molecule has 1 unspecified atom stereocenters. The molecule has 0 aliphatic rings. The molecule has 0 amide bonds. The van der Waals surface area contributed by atoms with Crippen LogP contribution in [0.4, 0.5) is 5.69 Å². The first-order valence-corrected chi connectivity index (χ1v) is 6.60. The van der Waals surface area contributed by atoms with Gasteiger partial charge in [-0.2, -0.15) is 0 Å². The molecule has 0 bridgehead atoms. The van der Waals surface area contributed by atoms with E-state index >= 15 is 0 Å². The van der Waals surface area contributed by atoms with Crippen molar-refractivity contribution in [1.82, 2.24) is 0 Å². The zero-order valence-corrected chi connectivity index (χ0v) is 12.2. The molecule has 4 heteroatoms. The quantitative estimate of drug-likeness (QED) is 0.711. The second-order valence-electron chi connectivity index (χ2n) is 4.66. The molecule has 106 valence electrons. The smallest absolute Gasteiger partial charge is 0.347 e. The van der Waals surface area contributed by atoms with Crippen LogP contribution >= 0.6 is 0 Å². The van der Waals surface area contributed by atoms with Crippen LogP contribution in [0.5, 0.6) is 5.75 Å². The molecule has 0 aliphatic heterocycles. The van der Waals surface area contributed by atoms with E-state index < -0.39 is 6.10 Å². The Morgan fingerprint density at radius 3 is 2.68 bits per heavy atom. The van der Waals surface area contributed by atoms with Gasteiger partial charge in [0.15, 0.2) is 6.10 Å². The van der Waals surface area contributed by atoms with Gasteiger partial charge in [0.25, 0.3) is 0 Å². The van der Waals surface area contributed by atoms with Gasteiger partial charge in [-0.15, -0.1) is 0 Å². The second kappa shape index (κ2) is 7.67. The van der Waals surface area contributed by atoms with E-state index in [1.54, 1.807) is 0 Å². The third-order valence-electron chi connectivity index (χ3n) is 2.90.